The molecule has 0 saturated carbocycles. The summed E-state index contributed by atoms with van der Waals surface area (Å²) in [5.41, 5.74) is 0. The van der Waals surface area contributed by atoms with Gasteiger partial charge in [0.05, 0.1) is 4.88 Å². The van der Waals surface area contributed by atoms with Crippen molar-refractivity contribution in [1.29, 1.82) is 0 Å². The highest BCUT2D eigenvalue weighted by atomic mass is 32.1. The van der Waals surface area contributed by atoms with E-state index in [1.54, 1.807) is 11.3 Å². The van der Waals surface area contributed by atoms with Crippen LogP contribution in [0.2, 0.25) is 0 Å². The Labute approximate surface area is 93.8 Å². The lowest BCUT2D eigenvalue weighted by molar-refractivity contribution is 0.588. The third kappa shape index (κ3) is 1.81. The van der Waals surface area contributed by atoms with E-state index in [2.05, 4.69) is 47.7 Å². The zero-order valence-corrected chi connectivity index (χ0v) is 10.3. The second kappa shape index (κ2) is 3.77. The summed E-state index contributed by atoms with van der Waals surface area (Å²) in [5, 5.41) is 8.39. The lowest BCUT2D eigenvalue weighted by atomic mass is 10.3. The topological polar surface area (TPSA) is 30.7 Å². The molecule has 0 N–H and O–H groups in total. The lowest BCUT2D eigenvalue weighted by Gasteiger charge is -2.10. The first kappa shape index (κ1) is 10.4. The Kier molecular flexibility index (Phi) is 2.61. The molecule has 80 valence electrons. The lowest BCUT2D eigenvalue weighted by Crippen LogP contribution is -2.04. The maximum Gasteiger partial charge on any atom is 0.174 e. The van der Waals surface area contributed by atoms with Gasteiger partial charge in [-0.05, 0) is 39.8 Å². The predicted molar refractivity (Wildman–Crippen MR) is 63.2 cm³/mol. The van der Waals surface area contributed by atoms with E-state index in [4.69, 9.17) is 0 Å². The number of aromatic nitrogens is 3. The van der Waals surface area contributed by atoms with Gasteiger partial charge in [0.15, 0.2) is 5.82 Å². The molecule has 0 aliphatic heterocycles. The highest BCUT2D eigenvalue weighted by Gasteiger charge is 2.14. The molecule has 0 aliphatic carbocycles. The minimum absolute atomic E-state index is 0.400. The highest BCUT2D eigenvalue weighted by molar-refractivity contribution is 7.15. The molecule has 3 nitrogen and oxygen atoms in total. The summed E-state index contributed by atoms with van der Waals surface area (Å²) in [5.74, 6) is 1.96. The van der Waals surface area contributed by atoms with E-state index >= 15 is 0 Å². The zero-order valence-electron chi connectivity index (χ0n) is 9.48. The van der Waals surface area contributed by atoms with Gasteiger partial charge < -0.3 is 4.57 Å². The van der Waals surface area contributed by atoms with Crippen molar-refractivity contribution in [3.63, 3.8) is 0 Å². The Morgan fingerprint density at radius 3 is 2.47 bits per heavy atom. The van der Waals surface area contributed by atoms with Crippen molar-refractivity contribution in [1.82, 2.24) is 14.8 Å². The van der Waals surface area contributed by atoms with E-state index in [1.165, 1.54) is 9.75 Å². The van der Waals surface area contributed by atoms with Crippen molar-refractivity contribution >= 4 is 11.3 Å². The Balaban J connectivity index is 2.53. The van der Waals surface area contributed by atoms with E-state index in [0.717, 1.165) is 11.6 Å². The molecule has 2 aromatic heterocycles. The van der Waals surface area contributed by atoms with Gasteiger partial charge in [-0.3, -0.25) is 0 Å². The Hall–Kier alpha value is -1.16. The van der Waals surface area contributed by atoms with Crippen LogP contribution >= 0.6 is 11.3 Å². The van der Waals surface area contributed by atoms with Gasteiger partial charge in [0.2, 0.25) is 0 Å². The van der Waals surface area contributed by atoms with E-state index in [0.29, 0.717) is 6.04 Å². The first-order chi connectivity index (χ1) is 7.09. The molecule has 0 fully saturated rings. The molecule has 0 unspecified atom stereocenters. The number of nitrogens with zero attached hydrogens (tertiary/aromatic N) is 3. The number of rotatable bonds is 2. The summed E-state index contributed by atoms with van der Waals surface area (Å²) >= 11 is 1.76. The summed E-state index contributed by atoms with van der Waals surface area (Å²) in [7, 11) is 0. The standard InChI is InChI=1S/C11H15N3S/c1-7(2)14-9(4)12-13-11(14)10-6-5-8(3)15-10/h5-7H,1-4H3. The molecule has 0 aliphatic rings. The van der Waals surface area contributed by atoms with Gasteiger partial charge >= 0.3 is 0 Å². The molecular formula is C11H15N3S. The highest BCUT2D eigenvalue weighted by Crippen LogP contribution is 2.28. The van der Waals surface area contributed by atoms with E-state index < -0.39 is 0 Å². The minimum atomic E-state index is 0.400. The van der Waals surface area contributed by atoms with Gasteiger partial charge in [0, 0.05) is 10.9 Å². The van der Waals surface area contributed by atoms with E-state index in [9.17, 15) is 0 Å². The van der Waals surface area contributed by atoms with Gasteiger partial charge in [-0.1, -0.05) is 0 Å². The molecule has 0 atom stereocenters. The van der Waals surface area contributed by atoms with Crippen molar-refractivity contribution in [3.05, 3.63) is 22.8 Å². The number of aryl methyl sites for hydroxylation is 2. The number of thiophene rings is 1. The Bertz CT molecular complexity index is 468. The second-order valence-electron chi connectivity index (χ2n) is 3.94. The molecule has 0 radical (unpaired) electrons. The maximum atomic E-state index is 4.24. The molecule has 15 heavy (non-hydrogen) atoms. The van der Waals surface area contributed by atoms with Crippen LogP contribution in [0.25, 0.3) is 10.7 Å². The average molecular weight is 221 g/mol. The largest absolute Gasteiger partial charge is 0.308 e. The fourth-order valence-corrected chi connectivity index (χ4v) is 2.56. The molecule has 4 heteroatoms. The van der Waals surface area contributed by atoms with Crippen molar-refractivity contribution in [2.24, 2.45) is 0 Å². The van der Waals surface area contributed by atoms with Crippen LogP contribution in [0.15, 0.2) is 12.1 Å². The Morgan fingerprint density at radius 2 is 1.93 bits per heavy atom. The van der Waals surface area contributed by atoms with Gasteiger partial charge in [0.25, 0.3) is 0 Å². The predicted octanol–water partition coefficient (Wildman–Crippen LogP) is 3.20. The third-order valence-electron chi connectivity index (χ3n) is 2.34. The smallest absolute Gasteiger partial charge is 0.174 e. The zero-order chi connectivity index (χ0) is 11.0. The monoisotopic (exact) mass is 221 g/mol. The summed E-state index contributed by atoms with van der Waals surface area (Å²) in [6, 6.07) is 4.63. The minimum Gasteiger partial charge on any atom is -0.308 e. The number of hydrogen-bond acceptors (Lipinski definition) is 3. The van der Waals surface area contributed by atoms with Gasteiger partial charge in [-0.25, -0.2) is 0 Å². The van der Waals surface area contributed by atoms with Crippen LogP contribution in [0.5, 0.6) is 0 Å². The van der Waals surface area contributed by atoms with Gasteiger partial charge in [0.1, 0.15) is 5.82 Å². The SMILES string of the molecule is Cc1ccc(-c2nnc(C)n2C(C)C)s1. The van der Waals surface area contributed by atoms with Crippen molar-refractivity contribution in [2.45, 2.75) is 33.7 Å². The summed E-state index contributed by atoms with van der Waals surface area (Å²) < 4.78 is 2.17. The number of hydrogen-bond donors (Lipinski definition) is 0. The maximum absolute atomic E-state index is 4.24. The molecule has 0 bridgehead atoms. The molecular weight excluding hydrogens is 206 g/mol. The summed E-state index contributed by atoms with van der Waals surface area (Å²) in [6.07, 6.45) is 0. The van der Waals surface area contributed by atoms with Crippen LogP contribution in [-0.4, -0.2) is 14.8 Å². The first-order valence-electron chi connectivity index (χ1n) is 5.08. The molecule has 0 amide bonds. The van der Waals surface area contributed by atoms with Crippen LogP contribution < -0.4 is 0 Å². The molecule has 0 aromatic carbocycles. The quantitative estimate of drug-likeness (QED) is 0.779. The van der Waals surface area contributed by atoms with Crippen LogP contribution in [-0.2, 0) is 0 Å². The van der Waals surface area contributed by atoms with Crippen LogP contribution in [0.3, 0.4) is 0 Å². The van der Waals surface area contributed by atoms with Crippen LogP contribution in [0.1, 0.15) is 30.6 Å². The Morgan fingerprint density at radius 1 is 1.20 bits per heavy atom. The second-order valence-corrected chi connectivity index (χ2v) is 5.23. The van der Waals surface area contributed by atoms with Crippen LogP contribution in [0.4, 0.5) is 0 Å². The fraction of sp³-hybridized carbons (Fsp3) is 0.455. The third-order valence-corrected chi connectivity index (χ3v) is 3.34. The first-order valence-corrected chi connectivity index (χ1v) is 5.89. The summed E-state index contributed by atoms with van der Waals surface area (Å²) in [6.45, 7) is 8.41. The molecule has 2 rings (SSSR count). The fourth-order valence-electron chi connectivity index (χ4n) is 1.71. The van der Waals surface area contributed by atoms with E-state index in [1.807, 2.05) is 6.92 Å². The van der Waals surface area contributed by atoms with Gasteiger partial charge in [-0.2, -0.15) is 0 Å². The molecule has 2 aromatic rings. The van der Waals surface area contributed by atoms with Gasteiger partial charge in [-0.15, -0.1) is 21.5 Å². The molecule has 0 saturated heterocycles. The average Bonchev–Trinajstić information content (AvgIpc) is 2.71. The molecule has 2 heterocycles. The normalized spacial score (nSPS) is 11.3. The van der Waals surface area contributed by atoms with Crippen molar-refractivity contribution in [2.75, 3.05) is 0 Å². The van der Waals surface area contributed by atoms with E-state index in [-0.39, 0.29) is 0 Å². The molecule has 0 spiro atoms. The summed E-state index contributed by atoms with van der Waals surface area (Å²) in [4.78, 5) is 2.50. The van der Waals surface area contributed by atoms with Crippen LogP contribution in [0, 0.1) is 13.8 Å². The van der Waals surface area contributed by atoms with Crippen molar-refractivity contribution in [3.8, 4) is 10.7 Å². The van der Waals surface area contributed by atoms with Crippen molar-refractivity contribution < 1.29 is 0 Å².